The number of hydrogen-bond donors (Lipinski definition) is 1. The number of aryl methyl sites for hydroxylation is 1. The smallest absolute Gasteiger partial charge is 0.254 e. The van der Waals surface area contributed by atoms with Gasteiger partial charge in [-0.2, -0.15) is 0 Å². The topological polar surface area (TPSA) is 79.0 Å². The van der Waals surface area contributed by atoms with E-state index in [4.69, 9.17) is 0 Å². The average Bonchev–Trinajstić information content (AvgIpc) is 2.60. The van der Waals surface area contributed by atoms with Gasteiger partial charge in [-0.05, 0) is 58.1 Å². The van der Waals surface area contributed by atoms with Crippen LogP contribution in [0.2, 0.25) is 0 Å². The Bertz CT molecular complexity index is 841. The van der Waals surface area contributed by atoms with Crippen LogP contribution in [-0.2, 0) is 11.2 Å². The van der Waals surface area contributed by atoms with Crippen molar-refractivity contribution >= 4 is 5.91 Å². The zero-order valence-electron chi connectivity index (χ0n) is 16.4. The largest absolute Gasteiger partial charge is 0.340 e. The second-order valence-corrected chi connectivity index (χ2v) is 7.66. The molecule has 1 N–H and O–H groups in total. The molecule has 2 aromatic heterocycles. The molecule has 0 aliphatic heterocycles. The molecule has 1 amide bonds. The molecule has 144 valence electrons. The highest BCUT2D eigenvalue weighted by Gasteiger charge is 2.25. The highest BCUT2D eigenvalue weighted by molar-refractivity contribution is 5.76. The lowest BCUT2D eigenvalue weighted by molar-refractivity contribution is -0.134. The van der Waals surface area contributed by atoms with Crippen molar-refractivity contribution in [3.05, 3.63) is 46.1 Å². The number of rotatable bonds is 7. The van der Waals surface area contributed by atoms with Crippen LogP contribution in [0.4, 0.5) is 0 Å². The number of nitrogens with one attached hydrogen (secondary N) is 1. The van der Waals surface area contributed by atoms with Gasteiger partial charge in [0.2, 0.25) is 5.91 Å². The normalized spacial score (nSPS) is 14.2. The summed E-state index contributed by atoms with van der Waals surface area (Å²) in [5, 5.41) is 0. The van der Waals surface area contributed by atoms with Crippen molar-refractivity contribution in [2.45, 2.75) is 58.9 Å². The number of amides is 1. The Balaban J connectivity index is 1.69. The molecule has 6 nitrogen and oxygen atoms in total. The first-order valence-electron chi connectivity index (χ1n) is 9.75. The van der Waals surface area contributed by atoms with Gasteiger partial charge in [-0.1, -0.05) is 6.42 Å². The molecule has 0 bridgehead atoms. The maximum absolute atomic E-state index is 12.7. The van der Waals surface area contributed by atoms with Crippen molar-refractivity contribution in [2.75, 3.05) is 6.54 Å². The Morgan fingerprint density at radius 2 is 2.15 bits per heavy atom. The van der Waals surface area contributed by atoms with Gasteiger partial charge < -0.3 is 9.88 Å². The highest BCUT2D eigenvalue weighted by atomic mass is 16.2. The summed E-state index contributed by atoms with van der Waals surface area (Å²) < 4.78 is 0. The van der Waals surface area contributed by atoms with Gasteiger partial charge in [-0.15, -0.1) is 0 Å². The summed E-state index contributed by atoms with van der Waals surface area (Å²) in [5.41, 5.74) is 1.85. The van der Waals surface area contributed by atoms with E-state index >= 15 is 0 Å². The number of carbonyl (C=O) groups is 1. The third-order valence-corrected chi connectivity index (χ3v) is 5.37. The molecule has 1 saturated carbocycles. The summed E-state index contributed by atoms with van der Waals surface area (Å²) in [6, 6.07) is 3.85. The SMILES string of the molecule is Cc1nc(-c2cccnc2)[nH]c(=O)c1CCC(=O)N(CC1CCC1)C(C)C. The van der Waals surface area contributed by atoms with E-state index in [0.29, 0.717) is 35.8 Å². The summed E-state index contributed by atoms with van der Waals surface area (Å²) in [5.74, 6) is 1.27. The first kappa shape index (κ1) is 19.3. The van der Waals surface area contributed by atoms with Crippen molar-refractivity contribution in [3.8, 4) is 11.4 Å². The quantitative estimate of drug-likeness (QED) is 0.814. The Hall–Kier alpha value is -2.50. The Kier molecular flexibility index (Phi) is 6.04. The van der Waals surface area contributed by atoms with Crippen LogP contribution in [0.5, 0.6) is 0 Å². The van der Waals surface area contributed by atoms with Gasteiger partial charge in [0, 0.05) is 48.2 Å². The molecular formula is C21H28N4O2. The minimum atomic E-state index is -0.177. The van der Waals surface area contributed by atoms with Crippen LogP contribution in [0.25, 0.3) is 11.4 Å². The van der Waals surface area contributed by atoms with Crippen molar-refractivity contribution in [2.24, 2.45) is 5.92 Å². The van der Waals surface area contributed by atoms with E-state index in [1.54, 1.807) is 18.5 Å². The monoisotopic (exact) mass is 368 g/mol. The molecule has 3 rings (SSSR count). The van der Waals surface area contributed by atoms with Crippen LogP contribution in [0.3, 0.4) is 0 Å². The fourth-order valence-corrected chi connectivity index (χ4v) is 3.47. The summed E-state index contributed by atoms with van der Waals surface area (Å²) in [7, 11) is 0. The standard InChI is InChI=1S/C21H28N4O2/c1-14(2)25(13-16-6-4-7-16)19(26)10-9-18-15(3)23-20(24-21(18)27)17-8-5-11-22-12-17/h5,8,11-12,14,16H,4,6-7,9-10,13H2,1-3H3,(H,23,24,27). The summed E-state index contributed by atoms with van der Waals surface area (Å²) in [6.45, 7) is 6.77. The van der Waals surface area contributed by atoms with Crippen LogP contribution in [0, 0.1) is 12.8 Å². The van der Waals surface area contributed by atoms with E-state index in [9.17, 15) is 9.59 Å². The van der Waals surface area contributed by atoms with E-state index < -0.39 is 0 Å². The maximum Gasteiger partial charge on any atom is 0.254 e. The van der Waals surface area contributed by atoms with Gasteiger partial charge in [0.1, 0.15) is 5.82 Å². The number of carbonyl (C=O) groups excluding carboxylic acids is 1. The van der Waals surface area contributed by atoms with E-state index in [1.807, 2.05) is 17.9 Å². The maximum atomic E-state index is 12.7. The van der Waals surface area contributed by atoms with Crippen molar-refractivity contribution in [3.63, 3.8) is 0 Å². The molecule has 0 atom stereocenters. The second kappa shape index (κ2) is 8.46. The number of aromatic amines is 1. The first-order valence-corrected chi connectivity index (χ1v) is 9.75. The van der Waals surface area contributed by atoms with Crippen LogP contribution < -0.4 is 5.56 Å². The molecule has 0 aromatic carbocycles. The van der Waals surface area contributed by atoms with Gasteiger partial charge in [-0.3, -0.25) is 14.6 Å². The van der Waals surface area contributed by atoms with Gasteiger partial charge in [0.25, 0.3) is 5.56 Å². The molecule has 0 unspecified atom stereocenters. The van der Waals surface area contributed by atoms with Crippen LogP contribution in [-0.4, -0.2) is 38.3 Å². The molecule has 1 aliphatic carbocycles. The Morgan fingerprint density at radius 3 is 2.70 bits per heavy atom. The minimum Gasteiger partial charge on any atom is -0.340 e. The molecule has 2 aromatic rings. The Morgan fingerprint density at radius 1 is 1.37 bits per heavy atom. The van der Waals surface area contributed by atoms with E-state index in [-0.39, 0.29) is 17.5 Å². The summed E-state index contributed by atoms with van der Waals surface area (Å²) >= 11 is 0. The first-order chi connectivity index (χ1) is 13.0. The van der Waals surface area contributed by atoms with Crippen LogP contribution in [0.1, 0.15) is 50.8 Å². The highest BCUT2D eigenvalue weighted by Crippen LogP contribution is 2.28. The van der Waals surface area contributed by atoms with E-state index in [1.165, 1.54) is 19.3 Å². The molecule has 0 saturated heterocycles. The van der Waals surface area contributed by atoms with Gasteiger partial charge in [-0.25, -0.2) is 4.98 Å². The molecule has 27 heavy (non-hydrogen) atoms. The zero-order chi connectivity index (χ0) is 19.4. The summed E-state index contributed by atoms with van der Waals surface area (Å²) in [4.78, 5) is 38.6. The zero-order valence-corrected chi connectivity index (χ0v) is 16.4. The average molecular weight is 368 g/mol. The number of pyridine rings is 1. The third kappa shape index (κ3) is 4.62. The molecule has 0 spiro atoms. The summed E-state index contributed by atoms with van der Waals surface area (Å²) in [6.07, 6.45) is 7.80. The molecular weight excluding hydrogens is 340 g/mol. The molecule has 1 aliphatic rings. The van der Waals surface area contributed by atoms with Crippen LogP contribution >= 0.6 is 0 Å². The van der Waals surface area contributed by atoms with Gasteiger partial charge in [0.05, 0.1) is 0 Å². The van der Waals surface area contributed by atoms with Crippen molar-refractivity contribution < 1.29 is 4.79 Å². The number of hydrogen-bond acceptors (Lipinski definition) is 4. The van der Waals surface area contributed by atoms with Gasteiger partial charge >= 0.3 is 0 Å². The second-order valence-electron chi connectivity index (χ2n) is 7.66. The van der Waals surface area contributed by atoms with Gasteiger partial charge in [0.15, 0.2) is 0 Å². The fourth-order valence-electron chi connectivity index (χ4n) is 3.47. The number of nitrogens with zero attached hydrogens (tertiary/aromatic N) is 3. The van der Waals surface area contributed by atoms with Crippen molar-refractivity contribution in [1.82, 2.24) is 19.9 Å². The Labute approximate surface area is 160 Å². The minimum absolute atomic E-state index is 0.118. The lowest BCUT2D eigenvalue weighted by Crippen LogP contribution is -2.42. The predicted molar refractivity (Wildman–Crippen MR) is 105 cm³/mol. The lowest BCUT2D eigenvalue weighted by Gasteiger charge is -2.35. The van der Waals surface area contributed by atoms with E-state index in [2.05, 4.69) is 28.8 Å². The molecule has 1 fully saturated rings. The third-order valence-electron chi connectivity index (χ3n) is 5.37. The molecule has 2 heterocycles. The molecule has 0 radical (unpaired) electrons. The predicted octanol–water partition coefficient (Wildman–Crippen LogP) is 3.11. The molecule has 6 heteroatoms. The van der Waals surface area contributed by atoms with Crippen LogP contribution in [0.15, 0.2) is 29.3 Å². The van der Waals surface area contributed by atoms with Crippen molar-refractivity contribution in [1.29, 1.82) is 0 Å². The lowest BCUT2D eigenvalue weighted by atomic mass is 9.85. The number of H-pyrrole nitrogens is 1. The van der Waals surface area contributed by atoms with E-state index in [0.717, 1.165) is 12.1 Å². The number of aromatic nitrogens is 3. The fraction of sp³-hybridized carbons (Fsp3) is 0.524.